The number of anilines is 2. The van der Waals surface area contributed by atoms with Crippen molar-refractivity contribution in [3.8, 4) is 11.5 Å². The van der Waals surface area contributed by atoms with Crippen molar-refractivity contribution in [3.63, 3.8) is 0 Å². The summed E-state index contributed by atoms with van der Waals surface area (Å²) in [6, 6.07) is 14.8. The first-order valence-corrected chi connectivity index (χ1v) is 10.5. The molecule has 0 aliphatic rings. The second-order valence-electron chi connectivity index (χ2n) is 5.81. The number of ether oxygens (including phenoxy) is 2. The minimum Gasteiger partial charge on any atom is -0.497 e. The van der Waals surface area contributed by atoms with Gasteiger partial charge in [-0.05, 0) is 62.4 Å². The number of hydrogen-bond acceptors (Lipinski definition) is 8. The number of aromatic nitrogens is 2. The average molecular weight is 416 g/mol. The summed E-state index contributed by atoms with van der Waals surface area (Å²) in [4.78, 5) is 12.6. The van der Waals surface area contributed by atoms with E-state index in [2.05, 4.69) is 15.5 Å². The smallest absolute Gasteiger partial charge is 0.210 e. The highest BCUT2D eigenvalue weighted by Gasteiger charge is 2.19. The van der Waals surface area contributed by atoms with Crippen molar-refractivity contribution in [2.24, 2.45) is 0 Å². The third kappa shape index (κ3) is 5.24. The molecule has 1 aromatic heterocycles. The van der Waals surface area contributed by atoms with Gasteiger partial charge in [0, 0.05) is 11.3 Å². The van der Waals surface area contributed by atoms with Crippen LogP contribution in [0.1, 0.15) is 24.2 Å². The number of hydrogen-bond donors (Lipinski definition) is 1. The van der Waals surface area contributed by atoms with Gasteiger partial charge in [0.1, 0.15) is 11.5 Å². The monoisotopic (exact) mass is 415 g/mol. The van der Waals surface area contributed by atoms with Crippen LogP contribution in [0.2, 0.25) is 0 Å². The zero-order valence-corrected chi connectivity index (χ0v) is 17.5. The first-order valence-electron chi connectivity index (χ1n) is 8.77. The first kappa shape index (κ1) is 20.2. The molecule has 0 aliphatic heterocycles. The number of methoxy groups -OCH3 is 1. The second kappa shape index (κ2) is 9.57. The minimum absolute atomic E-state index is 0.0490. The zero-order chi connectivity index (χ0) is 19.9. The Hall–Kier alpha value is -2.58. The van der Waals surface area contributed by atoms with Crippen LogP contribution in [0.5, 0.6) is 11.5 Å². The number of thioether (sulfide) groups is 1. The quantitative estimate of drug-likeness (QED) is 0.387. The van der Waals surface area contributed by atoms with Gasteiger partial charge in [-0.15, -0.1) is 10.2 Å². The van der Waals surface area contributed by atoms with Crippen LogP contribution in [-0.4, -0.2) is 34.9 Å². The summed E-state index contributed by atoms with van der Waals surface area (Å²) in [5.74, 6) is 1.60. The van der Waals surface area contributed by atoms with E-state index < -0.39 is 0 Å². The van der Waals surface area contributed by atoms with Crippen molar-refractivity contribution < 1.29 is 14.3 Å². The van der Waals surface area contributed by atoms with Crippen LogP contribution in [0.25, 0.3) is 0 Å². The maximum atomic E-state index is 12.6. The molecule has 2 aromatic carbocycles. The number of carbonyl (C=O) groups excluding carboxylic acids is 1. The van der Waals surface area contributed by atoms with E-state index in [1.807, 2.05) is 50.2 Å². The fourth-order valence-electron chi connectivity index (χ4n) is 2.43. The van der Waals surface area contributed by atoms with Crippen LogP contribution in [0.3, 0.4) is 0 Å². The molecule has 1 heterocycles. The maximum Gasteiger partial charge on any atom is 0.210 e. The summed E-state index contributed by atoms with van der Waals surface area (Å²) in [6.45, 7) is 4.41. The Morgan fingerprint density at radius 1 is 1.11 bits per heavy atom. The maximum absolute atomic E-state index is 12.6. The zero-order valence-electron chi connectivity index (χ0n) is 15.8. The molecular formula is C20H21N3O3S2. The molecule has 0 aliphatic carbocycles. The summed E-state index contributed by atoms with van der Waals surface area (Å²) in [6.07, 6.45) is 0. The molecule has 146 valence electrons. The van der Waals surface area contributed by atoms with Gasteiger partial charge in [-0.3, -0.25) is 4.79 Å². The Morgan fingerprint density at radius 3 is 2.43 bits per heavy atom. The average Bonchev–Trinajstić information content (AvgIpc) is 3.15. The van der Waals surface area contributed by atoms with Crippen LogP contribution in [-0.2, 0) is 0 Å². The highest BCUT2D eigenvalue weighted by molar-refractivity contribution is 8.02. The van der Waals surface area contributed by atoms with Gasteiger partial charge < -0.3 is 14.8 Å². The van der Waals surface area contributed by atoms with Crippen LogP contribution in [0.4, 0.5) is 10.8 Å². The third-order valence-corrected chi connectivity index (χ3v) is 5.87. The molecule has 0 saturated carbocycles. The Balaban J connectivity index is 1.59. The van der Waals surface area contributed by atoms with Crippen molar-refractivity contribution in [2.45, 2.75) is 23.4 Å². The topological polar surface area (TPSA) is 73.3 Å². The SMILES string of the molecule is CCOc1ccc(C(=O)[C@H](C)Sc2nnc(Nc3ccc(OC)cc3)s2)cc1. The van der Waals surface area contributed by atoms with E-state index >= 15 is 0 Å². The van der Waals surface area contributed by atoms with Crippen LogP contribution >= 0.6 is 23.1 Å². The Kier molecular flexibility index (Phi) is 6.89. The molecule has 0 saturated heterocycles. The molecule has 8 heteroatoms. The lowest BCUT2D eigenvalue weighted by atomic mass is 10.1. The van der Waals surface area contributed by atoms with E-state index in [4.69, 9.17) is 9.47 Å². The predicted octanol–water partition coefficient (Wildman–Crippen LogP) is 5.05. The van der Waals surface area contributed by atoms with Gasteiger partial charge in [0.25, 0.3) is 0 Å². The molecule has 0 radical (unpaired) electrons. The highest BCUT2D eigenvalue weighted by Crippen LogP contribution is 2.32. The summed E-state index contributed by atoms with van der Waals surface area (Å²) in [7, 11) is 1.63. The summed E-state index contributed by atoms with van der Waals surface area (Å²) in [5.41, 5.74) is 1.55. The normalized spacial score (nSPS) is 11.7. The molecule has 0 fully saturated rings. The van der Waals surface area contributed by atoms with Gasteiger partial charge in [-0.2, -0.15) is 0 Å². The molecule has 1 atom stereocenters. The number of nitrogens with one attached hydrogen (secondary N) is 1. The number of carbonyl (C=O) groups is 1. The summed E-state index contributed by atoms with van der Waals surface area (Å²) < 4.78 is 11.3. The van der Waals surface area contributed by atoms with E-state index in [0.717, 1.165) is 21.5 Å². The molecule has 0 amide bonds. The molecular weight excluding hydrogens is 394 g/mol. The number of nitrogens with zero attached hydrogens (tertiary/aromatic N) is 2. The molecule has 0 unspecified atom stereocenters. The molecule has 3 aromatic rings. The standard InChI is InChI=1S/C20H21N3O3S2/c1-4-26-17-9-5-14(6-10-17)18(24)13(2)27-20-23-22-19(28-20)21-15-7-11-16(25-3)12-8-15/h5-13H,4H2,1-3H3,(H,21,22)/t13-/m0/s1. The Labute approximate surface area is 172 Å². The van der Waals surface area contributed by atoms with Crippen molar-refractivity contribution in [1.29, 1.82) is 0 Å². The minimum atomic E-state index is -0.264. The second-order valence-corrected chi connectivity index (χ2v) is 8.37. The fraction of sp³-hybridized carbons (Fsp3) is 0.250. The van der Waals surface area contributed by atoms with Crippen molar-refractivity contribution >= 4 is 39.7 Å². The van der Waals surface area contributed by atoms with Gasteiger partial charge in [-0.25, -0.2) is 0 Å². The Bertz CT molecular complexity index is 911. The van der Waals surface area contributed by atoms with Gasteiger partial charge in [0.05, 0.1) is 19.0 Å². The number of rotatable bonds is 9. The molecule has 3 rings (SSSR count). The Morgan fingerprint density at radius 2 is 1.79 bits per heavy atom. The van der Waals surface area contributed by atoms with Crippen LogP contribution in [0, 0.1) is 0 Å². The fourth-order valence-corrected chi connectivity index (χ4v) is 4.42. The van der Waals surface area contributed by atoms with Crippen LogP contribution in [0.15, 0.2) is 52.9 Å². The van der Waals surface area contributed by atoms with Crippen molar-refractivity contribution in [1.82, 2.24) is 10.2 Å². The van der Waals surface area contributed by atoms with Crippen molar-refractivity contribution in [2.75, 3.05) is 19.0 Å². The molecule has 0 bridgehead atoms. The van der Waals surface area contributed by atoms with Gasteiger partial charge >= 0.3 is 0 Å². The molecule has 6 nitrogen and oxygen atoms in total. The molecule has 1 N–H and O–H groups in total. The van der Waals surface area contributed by atoms with Crippen LogP contribution < -0.4 is 14.8 Å². The lowest BCUT2D eigenvalue weighted by Gasteiger charge is -2.09. The van der Waals surface area contributed by atoms with Crippen molar-refractivity contribution in [3.05, 3.63) is 54.1 Å². The van der Waals surface area contributed by atoms with Gasteiger partial charge in [0.15, 0.2) is 10.1 Å². The summed E-state index contributed by atoms with van der Waals surface area (Å²) >= 11 is 2.82. The van der Waals surface area contributed by atoms with Gasteiger partial charge in [-0.1, -0.05) is 23.1 Å². The summed E-state index contributed by atoms with van der Waals surface area (Å²) in [5, 5.41) is 11.9. The van der Waals surface area contributed by atoms with E-state index in [1.54, 1.807) is 19.2 Å². The molecule has 0 spiro atoms. The number of ketones is 1. The number of benzene rings is 2. The highest BCUT2D eigenvalue weighted by atomic mass is 32.2. The van der Waals surface area contributed by atoms with E-state index in [9.17, 15) is 4.79 Å². The largest absolute Gasteiger partial charge is 0.497 e. The van der Waals surface area contributed by atoms with E-state index in [-0.39, 0.29) is 11.0 Å². The predicted molar refractivity (Wildman–Crippen MR) is 113 cm³/mol. The number of Topliss-reactive ketones (excluding diaryl/α,β-unsaturated/α-hetero) is 1. The third-order valence-electron chi connectivity index (χ3n) is 3.84. The lowest BCUT2D eigenvalue weighted by molar-refractivity contribution is 0.0994. The van der Waals surface area contributed by atoms with Gasteiger partial charge in [0.2, 0.25) is 5.13 Å². The first-order chi connectivity index (χ1) is 13.6. The van der Waals surface area contributed by atoms with E-state index in [1.165, 1.54) is 23.1 Å². The molecule has 28 heavy (non-hydrogen) atoms. The van der Waals surface area contributed by atoms with E-state index in [0.29, 0.717) is 17.3 Å². The lowest BCUT2D eigenvalue weighted by Crippen LogP contribution is -2.13.